The van der Waals surface area contributed by atoms with Crippen LogP contribution in [0.2, 0.25) is 0 Å². The smallest absolute Gasteiger partial charge is 0.305 e. The van der Waals surface area contributed by atoms with E-state index in [0.717, 1.165) is 32.5 Å². The molecule has 4 heteroatoms. The molecule has 0 aromatic heterocycles. The van der Waals surface area contributed by atoms with E-state index < -0.39 is 5.97 Å². The molecule has 1 fully saturated rings. The van der Waals surface area contributed by atoms with Crippen molar-refractivity contribution in [3.63, 3.8) is 0 Å². The third-order valence-corrected chi connectivity index (χ3v) is 2.77. The molecule has 1 atom stereocenters. The minimum Gasteiger partial charge on any atom is -0.481 e. The van der Waals surface area contributed by atoms with Gasteiger partial charge in [-0.3, -0.25) is 4.79 Å². The standard InChI is InChI=1S/C11H20O4/c1-2-10(7-11(12)13)15-8-9-3-5-14-6-4-9/h9-10H,2-8H2,1H3,(H,12,13). The summed E-state index contributed by atoms with van der Waals surface area (Å²) in [6, 6.07) is 0. The number of hydrogen-bond donors (Lipinski definition) is 1. The highest BCUT2D eigenvalue weighted by Crippen LogP contribution is 2.16. The molecule has 88 valence electrons. The second-order valence-corrected chi connectivity index (χ2v) is 4.02. The molecular formula is C11H20O4. The highest BCUT2D eigenvalue weighted by molar-refractivity contribution is 5.67. The molecule has 1 rings (SSSR count). The van der Waals surface area contributed by atoms with Gasteiger partial charge in [-0.25, -0.2) is 0 Å². The third kappa shape index (κ3) is 5.14. The predicted octanol–water partition coefficient (Wildman–Crippen LogP) is 1.68. The molecule has 4 nitrogen and oxygen atoms in total. The van der Waals surface area contributed by atoms with Crippen molar-refractivity contribution in [2.45, 2.75) is 38.7 Å². The Morgan fingerprint density at radius 3 is 2.73 bits per heavy atom. The summed E-state index contributed by atoms with van der Waals surface area (Å²) in [5.74, 6) is -0.240. The highest BCUT2D eigenvalue weighted by atomic mass is 16.5. The number of aliphatic carboxylic acids is 1. The summed E-state index contributed by atoms with van der Waals surface area (Å²) in [5.41, 5.74) is 0. The van der Waals surface area contributed by atoms with Crippen molar-refractivity contribution in [1.82, 2.24) is 0 Å². The van der Waals surface area contributed by atoms with Crippen LogP contribution in [-0.2, 0) is 14.3 Å². The fraction of sp³-hybridized carbons (Fsp3) is 0.909. The summed E-state index contributed by atoms with van der Waals surface area (Å²) in [5, 5.41) is 8.65. The molecule has 0 saturated carbocycles. The Kier molecular flexibility index (Phi) is 5.65. The van der Waals surface area contributed by atoms with Crippen molar-refractivity contribution in [3.8, 4) is 0 Å². The Hall–Kier alpha value is -0.610. The lowest BCUT2D eigenvalue weighted by Crippen LogP contribution is -2.24. The van der Waals surface area contributed by atoms with Crippen LogP contribution in [0, 0.1) is 5.92 Å². The lowest BCUT2D eigenvalue weighted by atomic mass is 10.0. The Labute approximate surface area is 90.6 Å². The quantitative estimate of drug-likeness (QED) is 0.734. The van der Waals surface area contributed by atoms with Gasteiger partial charge < -0.3 is 14.6 Å². The Balaban J connectivity index is 2.17. The fourth-order valence-corrected chi connectivity index (χ4v) is 1.70. The highest BCUT2D eigenvalue weighted by Gasteiger charge is 2.17. The van der Waals surface area contributed by atoms with E-state index in [4.69, 9.17) is 14.6 Å². The maximum Gasteiger partial charge on any atom is 0.305 e. The van der Waals surface area contributed by atoms with Gasteiger partial charge in [0.2, 0.25) is 0 Å². The van der Waals surface area contributed by atoms with Crippen LogP contribution < -0.4 is 0 Å². The monoisotopic (exact) mass is 216 g/mol. The van der Waals surface area contributed by atoms with Crippen LogP contribution in [0.25, 0.3) is 0 Å². The maximum absolute atomic E-state index is 10.5. The van der Waals surface area contributed by atoms with Crippen molar-refractivity contribution < 1.29 is 19.4 Å². The summed E-state index contributed by atoms with van der Waals surface area (Å²) in [6.07, 6.45) is 2.80. The van der Waals surface area contributed by atoms with Gasteiger partial charge in [0.25, 0.3) is 0 Å². The van der Waals surface area contributed by atoms with Crippen molar-refractivity contribution in [2.75, 3.05) is 19.8 Å². The summed E-state index contributed by atoms with van der Waals surface area (Å²) < 4.78 is 10.9. The van der Waals surface area contributed by atoms with Crippen molar-refractivity contribution in [1.29, 1.82) is 0 Å². The minimum atomic E-state index is -0.783. The summed E-state index contributed by atoms with van der Waals surface area (Å²) in [4.78, 5) is 10.5. The first-order valence-corrected chi connectivity index (χ1v) is 5.63. The summed E-state index contributed by atoms with van der Waals surface area (Å²) in [6.45, 7) is 4.25. The molecule has 0 aromatic rings. The molecule has 0 spiro atoms. The third-order valence-electron chi connectivity index (χ3n) is 2.77. The van der Waals surface area contributed by atoms with E-state index in [9.17, 15) is 4.79 Å². The molecule has 1 N–H and O–H groups in total. The van der Waals surface area contributed by atoms with Gasteiger partial charge >= 0.3 is 5.97 Å². The Morgan fingerprint density at radius 2 is 2.20 bits per heavy atom. The molecule has 0 amide bonds. The largest absolute Gasteiger partial charge is 0.481 e. The van der Waals surface area contributed by atoms with Crippen LogP contribution in [0.4, 0.5) is 0 Å². The molecule has 1 unspecified atom stereocenters. The predicted molar refractivity (Wildman–Crippen MR) is 55.8 cm³/mol. The van der Waals surface area contributed by atoms with E-state index in [1.165, 1.54) is 0 Å². The summed E-state index contributed by atoms with van der Waals surface area (Å²) in [7, 11) is 0. The molecule has 0 radical (unpaired) electrons. The fourth-order valence-electron chi connectivity index (χ4n) is 1.70. The molecule has 1 saturated heterocycles. The number of carbonyl (C=O) groups is 1. The number of hydrogen-bond acceptors (Lipinski definition) is 3. The molecule has 0 bridgehead atoms. The zero-order valence-electron chi connectivity index (χ0n) is 9.28. The Bertz CT molecular complexity index is 187. The van der Waals surface area contributed by atoms with Crippen molar-refractivity contribution >= 4 is 5.97 Å². The number of ether oxygens (including phenoxy) is 2. The lowest BCUT2D eigenvalue weighted by molar-refractivity contribution is -0.140. The summed E-state index contributed by atoms with van der Waals surface area (Å²) >= 11 is 0. The Morgan fingerprint density at radius 1 is 1.53 bits per heavy atom. The first-order valence-electron chi connectivity index (χ1n) is 5.63. The van der Waals surface area contributed by atoms with E-state index in [1.54, 1.807) is 0 Å². The maximum atomic E-state index is 10.5. The SMILES string of the molecule is CCC(CC(=O)O)OCC1CCOCC1. The first kappa shape index (κ1) is 12.5. The second-order valence-electron chi connectivity index (χ2n) is 4.02. The van der Waals surface area contributed by atoms with Gasteiger partial charge in [0, 0.05) is 19.8 Å². The zero-order chi connectivity index (χ0) is 11.1. The number of rotatable bonds is 6. The molecule has 1 heterocycles. The van der Waals surface area contributed by atoms with Gasteiger partial charge in [-0.05, 0) is 25.2 Å². The average molecular weight is 216 g/mol. The van der Waals surface area contributed by atoms with Gasteiger partial charge in [-0.1, -0.05) is 6.92 Å². The molecule has 0 aliphatic carbocycles. The number of carboxylic acid groups (broad SMARTS) is 1. The van der Waals surface area contributed by atoms with E-state index in [-0.39, 0.29) is 12.5 Å². The van der Waals surface area contributed by atoms with E-state index in [2.05, 4.69) is 0 Å². The second kappa shape index (κ2) is 6.80. The molecule has 1 aliphatic rings. The zero-order valence-corrected chi connectivity index (χ0v) is 9.28. The van der Waals surface area contributed by atoms with Gasteiger partial charge in [-0.15, -0.1) is 0 Å². The van der Waals surface area contributed by atoms with E-state index in [0.29, 0.717) is 12.5 Å². The average Bonchev–Trinajstić information content (AvgIpc) is 2.25. The normalized spacial score (nSPS) is 20.1. The van der Waals surface area contributed by atoms with Crippen molar-refractivity contribution in [3.05, 3.63) is 0 Å². The molecule has 1 aliphatic heterocycles. The number of carboxylic acids is 1. The molecule has 15 heavy (non-hydrogen) atoms. The van der Waals surface area contributed by atoms with Crippen LogP contribution in [0.5, 0.6) is 0 Å². The van der Waals surface area contributed by atoms with Gasteiger partial charge in [0.1, 0.15) is 0 Å². The lowest BCUT2D eigenvalue weighted by Gasteiger charge is -2.24. The van der Waals surface area contributed by atoms with Gasteiger partial charge in [0.15, 0.2) is 0 Å². The van der Waals surface area contributed by atoms with Crippen LogP contribution in [0.1, 0.15) is 32.6 Å². The molecule has 0 aromatic carbocycles. The van der Waals surface area contributed by atoms with E-state index >= 15 is 0 Å². The van der Waals surface area contributed by atoms with Crippen LogP contribution in [-0.4, -0.2) is 37.0 Å². The van der Waals surface area contributed by atoms with Crippen LogP contribution in [0.3, 0.4) is 0 Å². The van der Waals surface area contributed by atoms with Gasteiger partial charge in [0.05, 0.1) is 12.5 Å². The van der Waals surface area contributed by atoms with Crippen molar-refractivity contribution in [2.24, 2.45) is 5.92 Å². The van der Waals surface area contributed by atoms with E-state index in [1.807, 2.05) is 6.92 Å². The van der Waals surface area contributed by atoms with Crippen LogP contribution in [0.15, 0.2) is 0 Å². The van der Waals surface area contributed by atoms with Crippen LogP contribution >= 0.6 is 0 Å². The topological polar surface area (TPSA) is 55.8 Å². The minimum absolute atomic E-state index is 0.111. The first-order chi connectivity index (χ1) is 7.22. The van der Waals surface area contributed by atoms with Gasteiger partial charge in [-0.2, -0.15) is 0 Å². The molecular weight excluding hydrogens is 196 g/mol.